The van der Waals surface area contributed by atoms with E-state index in [1.54, 1.807) is 0 Å². The molecule has 0 amide bonds. The molecular formula is C51H31N3OS. The summed E-state index contributed by atoms with van der Waals surface area (Å²) in [5.41, 5.74) is 11.3. The number of para-hydroxylation sites is 1. The standard InChI is InChI=1S/C51H31N3OS/c1-4-13-32(14-5-1)33-23-25-36(26-24-33)50-52-49(35-17-8-3-9-18-35)53-51(54-50)43-29-38(30-45-47(43)42-19-10-11-22-44(42)55-45)37-27-28-40-41-21-12-20-39(34-15-6-2-7-16-34)48(41)56-46(40)31-37/h1-31H. The smallest absolute Gasteiger partial charge is 0.164 e. The van der Waals surface area contributed by atoms with Crippen molar-refractivity contribution in [3.63, 3.8) is 0 Å². The first-order valence-electron chi connectivity index (χ1n) is 18.7. The number of benzene rings is 8. The SMILES string of the molecule is c1ccc(-c2ccc(-c3nc(-c4ccccc4)nc(-c4cc(-c5ccc6c(c5)sc5c(-c7ccccc7)cccc56)cc5oc6ccccc6c45)n3)cc2)cc1. The Balaban J connectivity index is 1.11. The van der Waals surface area contributed by atoms with Crippen LogP contribution in [0.3, 0.4) is 0 Å². The Morgan fingerprint density at radius 2 is 0.911 bits per heavy atom. The molecular weight excluding hydrogens is 703 g/mol. The molecule has 0 radical (unpaired) electrons. The van der Waals surface area contributed by atoms with Crippen molar-refractivity contribution in [1.29, 1.82) is 0 Å². The van der Waals surface area contributed by atoms with E-state index in [-0.39, 0.29) is 0 Å². The predicted molar refractivity (Wildman–Crippen MR) is 233 cm³/mol. The average molecular weight is 734 g/mol. The number of thiophene rings is 1. The van der Waals surface area contributed by atoms with Crippen LogP contribution < -0.4 is 0 Å². The third-order valence-electron chi connectivity index (χ3n) is 10.6. The fraction of sp³-hybridized carbons (Fsp3) is 0. The number of fused-ring (bicyclic) bond motifs is 6. The summed E-state index contributed by atoms with van der Waals surface area (Å²) in [6, 6.07) is 65.6. The molecule has 0 bridgehead atoms. The Labute approximate surface area is 327 Å². The Morgan fingerprint density at radius 1 is 0.339 bits per heavy atom. The minimum atomic E-state index is 0.592. The molecule has 0 spiro atoms. The highest BCUT2D eigenvalue weighted by atomic mass is 32.1. The highest BCUT2D eigenvalue weighted by Crippen LogP contribution is 2.44. The van der Waals surface area contributed by atoms with Gasteiger partial charge in [-0.15, -0.1) is 11.3 Å². The van der Waals surface area contributed by atoms with Crippen molar-refractivity contribution in [2.45, 2.75) is 0 Å². The first kappa shape index (κ1) is 32.2. The van der Waals surface area contributed by atoms with Crippen molar-refractivity contribution < 1.29 is 4.42 Å². The van der Waals surface area contributed by atoms with Gasteiger partial charge in [-0.1, -0.05) is 164 Å². The van der Waals surface area contributed by atoms with E-state index in [0.717, 1.165) is 60.9 Å². The van der Waals surface area contributed by atoms with E-state index in [0.29, 0.717) is 17.5 Å². The lowest BCUT2D eigenvalue weighted by Crippen LogP contribution is -2.00. The van der Waals surface area contributed by atoms with Gasteiger partial charge in [0.1, 0.15) is 11.2 Å². The highest BCUT2D eigenvalue weighted by Gasteiger charge is 2.20. The van der Waals surface area contributed by atoms with Gasteiger partial charge in [0.2, 0.25) is 0 Å². The van der Waals surface area contributed by atoms with Gasteiger partial charge < -0.3 is 4.42 Å². The molecule has 0 aliphatic rings. The summed E-state index contributed by atoms with van der Waals surface area (Å²) in [6.45, 7) is 0. The molecule has 0 unspecified atom stereocenters. The zero-order chi connectivity index (χ0) is 37.0. The van der Waals surface area contributed by atoms with Gasteiger partial charge in [0, 0.05) is 47.6 Å². The van der Waals surface area contributed by atoms with E-state index in [1.165, 1.54) is 31.3 Å². The maximum absolute atomic E-state index is 6.59. The normalized spacial score (nSPS) is 11.6. The van der Waals surface area contributed by atoms with Gasteiger partial charge in [-0.05, 0) is 57.6 Å². The molecule has 262 valence electrons. The van der Waals surface area contributed by atoms with E-state index >= 15 is 0 Å². The van der Waals surface area contributed by atoms with Crippen LogP contribution >= 0.6 is 11.3 Å². The number of hydrogen-bond donors (Lipinski definition) is 0. The summed E-state index contributed by atoms with van der Waals surface area (Å²) in [5.74, 6) is 1.82. The molecule has 0 saturated heterocycles. The van der Waals surface area contributed by atoms with Crippen LogP contribution in [0, 0.1) is 0 Å². The predicted octanol–water partition coefficient (Wildman–Crippen LogP) is 14.1. The van der Waals surface area contributed by atoms with Crippen molar-refractivity contribution in [2.24, 2.45) is 0 Å². The van der Waals surface area contributed by atoms with Gasteiger partial charge in [0.25, 0.3) is 0 Å². The molecule has 4 nitrogen and oxygen atoms in total. The number of nitrogens with zero attached hydrogens (tertiary/aromatic N) is 3. The van der Waals surface area contributed by atoms with Crippen molar-refractivity contribution in [1.82, 2.24) is 15.0 Å². The first-order chi connectivity index (χ1) is 27.7. The van der Waals surface area contributed by atoms with E-state index in [9.17, 15) is 0 Å². The quantitative estimate of drug-likeness (QED) is 0.171. The molecule has 11 rings (SSSR count). The molecule has 56 heavy (non-hydrogen) atoms. The molecule has 0 N–H and O–H groups in total. The monoisotopic (exact) mass is 733 g/mol. The summed E-state index contributed by atoms with van der Waals surface area (Å²) in [6.07, 6.45) is 0. The summed E-state index contributed by atoms with van der Waals surface area (Å²) < 4.78 is 9.12. The van der Waals surface area contributed by atoms with Gasteiger partial charge >= 0.3 is 0 Å². The van der Waals surface area contributed by atoms with Crippen LogP contribution in [0.25, 0.3) is 110 Å². The number of rotatable bonds is 6. The Bertz CT molecular complexity index is 3230. The van der Waals surface area contributed by atoms with Gasteiger partial charge in [0.15, 0.2) is 17.5 Å². The van der Waals surface area contributed by atoms with Crippen LogP contribution in [0.1, 0.15) is 0 Å². The van der Waals surface area contributed by atoms with Gasteiger partial charge in [-0.2, -0.15) is 0 Å². The molecule has 3 heterocycles. The van der Waals surface area contributed by atoms with Crippen LogP contribution in [0.5, 0.6) is 0 Å². The van der Waals surface area contributed by atoms with Crippen molar-refractivity contribution >= 4 is 53.4 Å². The largest absolute Gasteiger partial charge is 0.456 e. The molecule has 0 aliphatic carbocycles. The molecule has 0 atom stereocenters. The molecule has 0 fully saturated rings. The lowest BCUT2D eigenvalue weighted by molar-refractivity contribution is 0.669. The van der Waals surface area contributed by atoms with Crippen LogP contribution in [0.15, 0.2) is 192 Å². The van der Waals surface area contributed by atoms with Crippen LogP contribution in [0.2, 0.25) is 0 Å². The molecule has 5 heteroatoms. The van der Waals surface area contributed by atoms with Gasteiger partial charge in [-0.25, -0.2) is 15.0 Å². The molecule has 11 aromatic rings. The maximum atomic E-state index is 6.59. The Hall–Kier alpha value is -7.21. The third kappa shape index (κ3) is 5.56. The van der Waals surface area contributed by atoms with Crippen molar-refractivity contribution in [3.8, 4) is 67.5 Å². The number of hydrogen-bond acceptors (Lipinski definition) is 5. The third-order valence-corrected chi connectivity index (χ3v) is 11.8. The molecule has 0 aliphatic heterocycles. The van der Waals surface area contributed by atoms with Gasteiger partial charge in [-0.3, -0.25) is 0 Å². The summed E-state index contributed by atoms with van der Waals surface area (Å²) >= 11 is 1.84. The lowest BCUT2D eigenvalue weighted by Gasteiger charge is -2.11. The second-order valence-electron chi connectivity index (χ2n) is 14.0. The van der Waals surface area contributed by atoms with Crippen LogP contribution in [-0.2, 0) is 0 Å². The fourth-order valence-corrected chi connectivity index (χ4v) is 9.08. The first-order valence-corrected chi connectivity index (χ1v) is 19.5. The van der Waals surface area contributed by atoms with Crippen LogP contribution in [0.4, 0.5) is 0 Å². The number of furan rings is 1. The van der Waals surface area contributed by atoms with Gasteiger partial charge in [0.05, 0.1) is 0 Å². The lowest BCUT2D eigenvalue weighted by atomic mass is 9.97. The zero-order valence-corrected chi connectivity index (χ0v) is 30.9. The highest BCUT2D eigenvalue weighted by molar-refractivity contribution is 7.26. The molecule has 8 aromatic carbocycles. The Kier molecular flexibility index (Phi) is 7.64. The second-order valence-corrected chi connectivity index (χ2v) is 15.0. The average Bonchev–Trinajstić information content (AvgIpc) is 3.85. The molecule has 0 saturated carbocycles. The number of aromatic nitrogens is 3. The van der Waals surface area contributed by atoms with Crippen LogP contribution in [-0.4, -0.2) is 15.0 Å². The minimum Gasteiger partial charge on any atom is -0.456 e. The van der Waals surface area contributed by atoms with E-state index < -0.39 is 0 Å². The van der Waals surface area contributed by atoms with E-state index in [1.807, 2.05) is 59.9 Å². The topological polar surface area (TPSA) is 51.8 Å². The maximum Gasteiger partial charge on any atom is 0.164 e. The second kappa shape index (κ2) is 13.3. The van der Waals surface area contributed by atoms with Crippen molar-refractivity contribution in [3.05, 3.63) is 188 Å². The minimum absolute atomic E-state index is 0.592. The Morgan fingerprint density at radius 3 is 1.66 bits per heavy atom. The van der Waals surface area contributed by atoms with E-state index in [4.69, 9.17) is 19.4 Å². The fourth-order valence-electron chi connectivity index (χ4n) is 7.80. The van der Waals surface area contributed by atoms with Crippen molar-refractivity contribution in [2.75, 3.05) is 0 Å². The summed E-state index contributed by atoms with van der Waals surface area (Å²) in [4.78, 5) is 15.5. The summed E-state index contributed by atoms with van der Waals surface area (Å²) in [5, 5.41) is 4.53. The van der Waals surface area contributed by atoms with E-state index in [2.05, 4.69) is 140 Å². The summed E-state index contributed by atoms with van der Waals surface area (Å²) in [7, 11) is 0. The molecule has 3 aromatic heterocycles. The zero-order valence-electron chi connectivity index (χ0n) is 30.1.